The highest BCUT2D eigenvalue weighted by Gasteiger charge is 2.44. The Kier molecular flexibility index (Phi) is 34.0. The van der Waals surface area contributed by atoms with Crippen molar-refractivity contribution in [2.24, 2.45) is 0 Å². The van der Waals surface area contributed by atoms with E-state index in [0.717, 1.165) is 44.9 Å². The van der Waals surface area contributed by atoms with Crippen molar-refractivity contribution in [3.8, 4) is 0 Å². The van der Waals surface area contributed by atoms with Crippen LogP contribution in [0.1, 0.15) is 206 Å². The van der Waals surface area contributed by atoms with E-state index in [1.54, 1.807) is 6.08 Å². The molecule has 0 aliphatic carbocycles. The smallest absolute Gasteiger partial charge is 0.249 e. The minimum atomic E-state index is -1.61. The van der Waals surface area contributed by atoms with Gasteiger partial charge in [0.2, 0.25) is 5.91 Å². The lowest BCUT2D eigenvalue weighted by Gasteiger charge is -2.40. The number of hydrogen-bond donors (Lipinski definition) is 7. The Morgan fingerprint density at radius 3 is 1.47 bits per heavy atom. The lowest BCUT2D eigenvalue weighted by molar-refractivity contribution is -0.302. The Balaban J connectivity index is 2.38. The minimum Gasteiger partial charge on any atom is -0.394 e. The largest absolute Gasteiger partial charge is 0.394 e. The van der Waals surface area contributed by atoms with Crippen LogP contribution in [0.5, 0.6) is 0 Å². The molecule has 0 aromatic rings. The maximum absolute atomic E-state index is 13.0. The second-order valence-corrected chi connectivity index (χ2v) is 16.3. The Morgan fingerprint density at radius 2 is 1.04 bits per heavy atom. The van der Waals surface area contributed by atoms with Gasteiger partial charge in [0, 0.05) is 0 Å². The molecular formula is C45H87NO9. The molecule has 0 aromatic heterocycles. The number of rotatable bonds is 38. The Bertz CT molecular complexity index is 890. The molecule has 0 bridgehead atoms. The SMILES string of the molecule is CCCCCCCCCCCC/C=C/[C@@H](O)[C@H](CO[C@@H]1O[C@H](CO)[C@@H](O)[C@H](O)[C@H]1O)NC(=O)[C@H](O)CCCCCCCCCCCCCCCCCCCC. The molecular weight excluding hydrogens is 698 g/mol. The maximum Gasteiger partial charge on any atom is 0.249 e. The third kappa shape index (κ3) is 26.5. The van der Waals surface area contributed by atoms with Crippen molar-refractivity contribution in [2.75, 3.05) is 13.2 Å². The highest BCUT2D eigenvalue weighted by atomic mass is 16.7. The number of carbonyl (C=O) groups excluding carboxylic acids is 1. The zero-order chi connectivity index (χ0) is 40.4. The maximum atomic E-state index is 13.0. The van der Waals surface area contributed by atoms with Crippen LogP contribution >= 0.6 is 0 Å². The van der Waals surface area contributed by atoms with Crippen LogP contribution in [0, 0.1) is 0 Å². The summed E-state index contributed by atoms with van der Waals surface area (Å²) in [5, 5.41) is 64.6. The monoisotopic (exact) mass is 786 g/mol. The first-order valence-electron chi connectivity index (χ1n) is 23.0. The Hall–Kier alpha value is -1.11. The van der Waals surface area contributed by atoms with Gasteiger partial charge in [0.25, 0.3) is 0 Å². The third-order valence-corrected chi connectivity index (χ3v) is 11.2. The van der Waals surface area contributed by atoms with Crippen LogP contribution in [0.15, 0.2) is 12.2 Å². The van der Waals surface area contributed by atoms with Gasteiger partial charge in [-0.15, -0.1) is 0 Å². The summed E-state index contributed by atoms with van der Waals surface area (Å²) in [5.74, 6) is -0.614. The molecule has 1 rings (SSSR count). The number of aliphatic hydroxyl groups excluding tert-OH is 6. The zero-order valence-electron chi connectivity index (χ0n) is 35.3. The molecule has 1 saturated heterocycles. The van der Waals surface area contributed by atoms with E-state index in [1.807, 2.05) is 6.08 Å². The first kappa shape index (κ1) is 51.9. The standard InChI is InChI=1S/C45H87NO9/c1-3-5-7-9-11-13-15-17-18-19-20-21-22-24-26-28-30-32-34-39(49)44(53)46-37(36-54-45-43(52)42(51)41(50)40(35-47)55-45)38(48)33-31-29-27-25-23-16-14-12-10-8-6-4-2/h31,33,37-43,45,47-52H,3-30,32,34-36H2,1-2H3,(H,46,53)/b33-31+/t37-,38+,39+,40+,41+,42-,43+,45+/m0/s1. The van der Waals surface area contributed by atoms with E-state index < -0.39 is 61.5 Å². The van der Waals surface area contributed by atoms with Gasteiger partial charge in [0.15, 0.2) is 6.29 Å². The zero-order valence-corrected chi connectivity index (χ0v) is 35.3. The van der Waals surface area contributed by atoms with Crippen molar-refractivity contribution in [3.63, 3.8) is 0 Å². The average Bonchev–Trinajstić information content (AvgIpc) is 3.18. The summed E-state index contributed by atoms with van der Waals surface area (Å²) in [6, 6.07) is -0.973. The van der Waals surface area contributed by atoms with Gasteiger partial charge < -0.3 is 45.4 Å². The van der Waals surface area contributed by atoms with Crippen molar-refractivity contribution in [1.29, 1.82) is 0 Å². The molecule has 10 heteroatoms. The summed E-state index contributed by atoms with van der Waals surface area (Å²) in [6.07, 6.45) is 30.1. The molecule has 0 aromatic carbocycles. The molecule has 1 fully saturated rings. The molecule has 1 amide bonds. The molecule has 10 nitrogen and oxygen atoms in total. The summed E-state index contributed by atoms with van der Waals surface area (Å²) in [5.41, 5.74) is 0. The van der Waals surface area contributed by atoms with Crippen LogP contribution in [-0.2, 0) is 14.3 Å². The summed E-state index contributed by atoms with van der Waals surface area (Å²) in [7, 11) is 0. The van der Waals surface area contributed by atoms with Gasteiger partial charge in [-0.25, -0.2) is 0 Å². The topological polar surface area (TPSA) is 169 Å². The summed E-state index contributed by atoms with van der Waals surface area (Å²) >= 11 is 0. The average molecular weight is 786 g/mol. The van der Waals surface area contributed by atoms with E-state index in [1.165, 1.54) is 141 Å². The number of aliphatic hydroxyl groups is 6. The number of nitrogens with one attached hydrogen (secondary N) is 1. The number of allylic oxidation sites excluding steroid dienone is 1. The van der Waals surface area contributed by atoms with E-state index >= 15 is 0 Å². The van der Waals surface area contributed by atoms with Crippen LogP contribution in [0.4, 0.5) is 0 Å². The molecule has 1 aliphatic heterocycles. The molecule has 326 valence electrons. The van der Waals surface area contributed by atoms with Gasteiger partial charge in [0.1, 0.15) is 30.5 Å². The van der Waals surface area contributed by atoms with Gasteiger partial charge >= 0.3 is 0 Å². The summed E-state index contributed by atoms with van der Waals surface area (Å²) in [6.45, 7) is 3.60. The first-order chi connectivity index (χ1) is 26.8. The van der Waals surface area contributed by atoms with Crippen molar-refractivity contribution < 1.29 is 44.9 Å². The van der Waals surface area contributed by atoms with E-state index in [9.17, 15) is 35.4 Å². The number of hydrogen-bond acceptors (Lipinski definition) is 9. The van der Waals surface area contributed by atoms with Crippen molar-refractivity contribution in [3.05, 3.63) is 12.2 Å². The number of unbranched alkanes of at least 4 members (excludes halogenated alkanes) is 27. The van der Waals surface area contributed by atoms with Crippen LogP contribution in [0.2, 0.25) is 0 Å². The van der Waals surface area contributed by atoms with E-state index in [-0.39, 0.29) is 6.61 Å². The van der Waals surface area contributed by atoms with Gasteiger partial charge in [-0.3, -0.25) is 4.79 Å². The van der Waals surface area contributed by atoms with Gasteiger partial charge in [-0.1, -0.05) is 199 Å². The summed E-state index contributed by atoms with van der Waals surface area (Å²) in [4.78, 5) is 13.0. The lowest BCUT2D eigenvalue weighted by Crippen LogP contribution is -2.60. The predicted octanol–water partition coefficient (Wildman–Crippen LogP) is 8.31. The van der Waals surface area contributed by atoms with Crippen LogP contribution in [0.3, 0.4) is 0 Å². The summed E-state index contributed by atoms with van der Waals surface area (Å²) < 4.78 is 11.1. The van der Waals surface area contributed by atoms with Crippen LogP contribution in [-0.4, -0.2) is 98.7 Å². The number of amides is 1. The van der Waals surface area contributed by atoms with Crippen LogP contribution in [0.25, 0.3) is 0 Å². The van der Waals surface area contributed by atoms with E-state index in [0.29, 0.717) is 6.42 Å². The fraction of sp³-hybridized carbons (Fsp3) is 0.933. The second-order valence-electron chi connectivity index (χ2n) is 16.3. The van der Waals surface area contributed by atoms with Gasteiger partial charge in [0.05, 0.1) is 25.4 Å². The fourth-order valence-electron chi connectivity index (χ4n) is 7.40. The quantitative estimate of drug-likeness (QED) is 0.0241. The molecule has 0 unspecified atom stereocenters. The molecule has 0 saturated carbocycles. The van der Waals surface area contributed by atoms with Gasteiger partial charge in [-0.2, -0.15) is 0 Å². The molecule has 55 heavy (non-hydrogen) atoms. The molecule has 1 heterocycles. The van der Waals surface area contributed by atoms with Crippen molar-refractivity contribution in [1.82, 2.24) is 5.32 Å². The van der Waals surface area contributed by atoms with Crippen LogP contribution < -0.4 is 5.32 Å². The Labute approximate surface area is 336 Å². The third-order valence-electron chi connectivity index (χ3n) is 11.2. The Morgan fingerprint density at radius 1 is 0.618 bits per heavy atom. The molecule has 0 spiro atoms. The lowest BCUT2D eigenvalue weighted by atomic mass is 9.99. The van der Waals surface area contributed by atoms with Gasteiger partial charge in [-0.05, 0) is 19.3 Å². The normalized spacial score (nSPS) is 21.9. The fourth-order valence-corrected chi connectivity index (χ4v) is 7.40. The highest BCUT2D eigenvalue weighted by Crippen LogP contribution is 2.23. The number of ether oxygens (including phenoxy) is 2. The van der Waals surface area contributed by atoms with Crippen molar-refractivity contribution >= 4 is 5.91 Å². The van der Waals surface area contributed by atoms with Crippen molar-refractivity contribution in [2.45, 2.75) is 255 Å². The predicted molar refractivity (Wildman–Crippen MR) is 223 cm³/mol. The van der Waals surface area contributed by atoms with E-state index in [2.05, 4.69) is 19.2 Å². The minimum absolute atomic E-state index is 0.301. The molecule has 7 N–H and O–H groups in total. The molecule has 8 atom stereocenters. The molecule has 0 radical (unpaired) electrons. The highest BCUT2D eigenvalue weighted by molar-refractivity contribution is 5.80. The molecule has 1 aliphatic rings. The first-order valence-corrected chi connectivity index (χ1v) is 23.0. The van der Waals surface area contributed by atoms with E-state index in [4.69, 9.17) is 9.47 Å². The second kappa shape index (κ2) is 36.0. The number of carbonyl (C=O) groups is 1.